The molecular weight excluding hydrogens is 200 g/mol. The Bertz CT molecular complexity index is 221. The summed E-state index contributed by atoms with van der Waals surface area (Å²) in [4.78, 5) is 3.62. The zero-order valence-electron chi connectivity index (χ0n) is 8.03. The lowest BCUT2D eigenvalue weighted by Crippen LogP contribution is -2.23. The van der Waals surface area contributed by atoms with Gasteiger partial charge >= 0.3 is 0 Å². The molecule has 0 aromatic heterocycles. The highest BCUT2D eigenvalue weighted by Gasteiger charge is 2.14. The predicted octanol–water partition coefficient (Wildman–Crippen LogP) is 0.497. The second kappa shape index (κ2) is 5.87. The van der Waals surface area contributed by atoms with Gasteiger partial charge in [0.05, 0.1) is 6.10 Å². The minimum atomic E-state index is -0.0559. The third-order valence-electron chi connectivity index (χ3n) is 1.93. The van der Waals surface area contributed by atoms with E-state index >= 15 is 0 Å². The lowest BCUT2D eigenvalue weighted by molar-refractivity contribution is 0.109. The van der Waals surface area contributed by atoms with Crippen LogP contribution in [0.1, 0.15) is 19.3 Å². The van der Waals surface area contributed by atoms with Gasteiger partial charge < -0.3 is 16.2 Å². The monoisotopic (exact) mass is 216 g/mol. The average molecular weight is 216 g/mol. The number of hydrogen-bond donors (Lipinski definition) is 3. The molecule has 1 heterocycles. The number of nitrogens with two attached hydrogens (primary N) is 2. The Morgan fingerprint density at radius 2 is 2.36 bits per heavy atom. The Kier molecular flexibility index (Phi) is 4.75. The van der Waals surface area contributed by atoms with Crippen LogP contribution in [0.25, 0.3) is 0 Å². The Morgan fingerprint density at radius 1 is 1.57 bits per heavy atom. The first-order valence-electron chi connectivity index (χ1n) is 4.61. The number of guanidine groups is 1. The highest BCUT2D eigenvalue weighted by molar-refractivity contribution is 8.13. The Labute approximate surface area is 87.8 Å². The highest BCUT2D eigenvalue weighted by atomic mass is 32.2. The summed E-state index contributed by atoms with van der Waals surface area (Å²) in [5.74, 6) is 0.778. The zero-order chi connectivity index (χ0) is 10.4. The fourth-order valence-electron chi connectivity index (χ4n) is 1.31. The molecule has 0 aromatic carbocycles. The van der Waals surface area contributed by atoms with Gasteiger partial charge in [0.2, 0.25) is 0 Å². The minimum absolute atomic E-state index is 0.0559. The van der Waals surface area contributed by atoms with Crippen LogP contribution in [-0.4, -0.2) is 29.6 Å². The van der Waals surface area contributed by atoms with Gasteiger partial charge in [0.25, 0.3) is 0 Å². The minimum Gasteiger partial charge on any atom is -0.378 e. The van der Waals surface area contributed by atoms with Gasteiger partial charge in [0.1, 0.15) is 0 Å². The van der Waals surface area contributed by atoms with Crippen LogP contribution in [0.15, 0.2) is 4.99 Å². The molecule has 0 spiro atoms. The van der Waals surface area contributed by atoms with E-state index in [0.717, 1.165) is 31.6 Å². The molecule has 0 bridgehead atoms. The fourth-order valence-corrected chi connectivity index (χ4v) is 2.05. The molecule has 0 saturated carbocycles. The summed E-state index contributed by atoms with van der Waals surface area (Å²) in [5.41, 5.74) is 10.3. The van der Waals surface area contributed by atoms with E-state index < -0.39 is 0 Å². The highest BCUT2D eigenvalue weighted by Crippen LogP contribution is 2.18. The van der Waals surface area contributed by atoms with Crippen molar-refractivity contribution >= 4 is 22.9 Å². The molecule has 5 N–H and O–H groups in total. The van der Waals surface area contributed by atoms with Crippen LogP contribution in [0.5, 0.6) is 0 Å². The molecule has 1 atom stereocenters. The van der Waals surface area contributed by atoms with Crippen molar-refractivity contribution in [2.24, 2.45) is 16.5 Å². The van der Waals surface area contributed by atoms with Crippen molar-refractivity contribution in [3.05, 3.63) is 0 Å². The van der Waals surface area contributed by atoms with Crippen molar-refractivity contribution < 1.29 is 4.74 Å². The van der Waals surface area contributed by atoms with Crippen LogP contribution in [0.2, 0.25) is 0 Å². The fraction of sp³-hybridized carbons (Fsp3) is 0.750. The number of rotatable bonds is 3. The molecule has 1 fully saturated rings. The van der Waals surface area contributed by atoms with Gasteiger partial charge in [-0.15, -0.1) is 0 Å². The number of thioether (sulfide) groups is 1. The average Bonchev–Trinajstić information content (AvgIpc) is 2.55. The normalized spacial score (nSPS) is 20.7. The van der Waals surface area contributed by atoms with Crippen LogP contribution < -0.4 is 11.5 Å². The first-order valence-corrected chi connectivity index (χ1v) is 5.59. The number of ether oxygens (including phenoxy) is 1. The van der Waals surface area contributed by atoms with E-state index in [0.29, 0.717) is 6.10 Å². The van der Waals surface area contributed by atoms with Gasteiger partial charge in [-0.3, -0.25) is 5.41 Å². The van der Waals surface area contributed by atoms with Gasteiger partial charge in [-0.05, 0) is 19.3 Å². The summed E-state index contributed by atoms with van der Waals surface area (Å²) in [6, 6.07) is 0. The maximum absolute atomic E-state index is 7.37. The molecule has 0 aliphatic carbocycles. The second-order valence-corrected chi connectivity index (χ2v) is 4.20. The van der Waals surface area contributed by atoms with E-state index in [1.54, 1.807) is 0 Å². The van der Waals surface area contributed by atoms with Crippen LogP contribution >= 0.6 is 11.8 Å². The first-order chi connectivity index (χ1) is 6.68. The number of amidine groups is 1. The lowest BCUT2D eigenvalue weighted by atomic mass is 10.2. The Morgan fingerprint density at radius 3 is 2.93 bits per heavy atom. The zero-order valence-corrected chi connectivity index (χ0v) is 8.85. The maximum atomic E-state index is 7.37. The van der Waals surface area contributed by atoms with Crippen LogP contribution in [0.3, 0.4) is 0 Å². The predicted molar refractivity (Wildman–Crippen MR) is 59.6 cm³/mol. The molecule has 1 saturated heterocycles. The van der Waals surface area contributed by atoms with Crippen molar-refractivity contribution in [2.45, 2.75) is 25.4 Å². The van der Waals surface area contributed by atoms with Crippen LogP contribution in [-0.2, 0) is 4.74 Å². The SMILES string of the molecule is N=C(N=C(N)N)SCCC1CCCO1. The van der Waals surface area contributed by atoms with E-state index in [2.05, 4.69) is 4.99 Å². The molecule has 6 heteroatoms. The van der Waals surface area contributed by atoms with Gasteiger partial charge in [-0.1, -0.05) is 11.8 Å². The molecule has 1 rings (SSSR count). The van der Waals surface area contributed by atoms with E-state index in [1.165, 1.54) is 11.8 Å². The molecule has 0 radical (unpaired) electrons. The summed E-state index contributed by atoms with van der Waals surface area (Å²) in [7, 11) is 0. The largest absolute Gasteiger partial charge is 0.378 e. The van der Waals surface area contributed by atoms with Gasteiger partial charge in [0, 0.05) is 12.4 Å². The summed E-state index contributed by atoms with van der Waals surface area (Å²) in [6.07, 6.45) is 3.62. The maximum Gasteiger partial charge on any atom is 0.193 e. The van der Waals surface area contributed by atoms with E-state index in [4.69, 9.17) is 21.6 Å². The third kappa shape index (κ3) is 4.48. The van der Waals surface area contributed by atoms with Gasteiger partial charge in [0.15, 0.2) is 11.1 Å². The Balaban J connectivity index is 2.08. The summed E-state index contributed by atoms with van der Waals surface area (Å²) in [6.45, 7) is 0.876. The van der Waals surface area contributed by atoms with E-state index in [9.17, 15) is 0 Å². The molecule has 80 valence electrons. The van der Waals surface area contributed by atoms with E-state index in [1.807, 2.05) is 0 Å². The summed E-state index contributed by atoms with van der Waals surface area (Å²) < 4.78 is 5.45. The third-order valence-corrected chi connectivity index (χ3v) is 2.74. The van der Waals surface area contributed by atoms with Crippen molar-refractivity contribution in [3.8, 4) is 0 Å². The van der Waals surface area contributed by atoms with Crippen molar-refractivity contribution in [2.75, 3.05) is 12.4 Å². The van der Waals surface area contributed by atoms with Crippen molar-refractivity contribution in [1.82, 2.24) is 0 Å². The molecular formula is C8H16N4OS. The van der Waals surface area contributed by atoms with Crippen molar-refractivity contribution in [1.29, 1.82) is 5.41 Å². The molecule has 0 amide bonds. The second-order valence-electron chi connectivity index (χ2n) is 3.11. The van der Waals surface area contributed by atoms with Gasteiger partial charge in [-0.2, -0.15) is 4.99 Å². The molecule has 1 aliphatic heterocycles. The smallest absolute Gasteiger partial charge is 0.193 e. The first kappa shape index (κ1) is 11.3. The number of nitrogens with zero attached hydrogens (tertiary/aromatic N) is 1. The van der Waals surface area contributed by atoms with Crippen LogP contribution in [0, 0.1) is 5.41 Å². The molecule has 1 aliphatic rings. The lowest BCUT2D eigenvalue weighted by Gasteiger charge is -2.07. The topological polar surface area (TPSA) is 97.5 Å². The quantitative estimate of drug-likeness (QED) is 0.472. The van der Waals surface area contributed by atoms with Gasteiger partial charge in [-0.25, -0.2) is 0 Å². The summed E-state index contributed by atoms with van der Waals surface area (Å²) in [5, 5.41) is 7.54. The molecule has 14 heavy (non-hydrogen) atoms. The number of aliphatic imine (C=N–C) groups is 1. The Hall–Kier alpha value is -0.750. The molecule has 5 nitrogen and oxygen atoms in total. The molecule has 1 unspecified atom stereocenters. The van der Waals surface area contributed by atoms with Crippen LogP contribution in [0.4, 0.5) is 0 Å². The number of nitrogens with one attached hydrogen (secondary N) is 1. The standard InChI is InChI=1S/C8H16N4OS/c9-7(10)12-8(11)14-5-3-6-2-1-4-13-6/h6H,1-5H2,(H5,9,10,11,12). The van der Waals surface area contributed by atoms with E-state index in [-0.39, 0.29) is 11.1 Å². The summed E-state index contributed by atoms with van der Waals surface area (Å²) >= 11 is 1.35. The number of hydrogen-bond acceptors (Lipinski definition) is 3. The van der Waals surface area contributed by atoms with Crippen molar-refractivity contribution in [3.63, 3.8) is 0 Å². The molecule has 0 aromatic rings.